The van der Waals surface area contributed by atoms with Crippen molar-refractivity contribution in [1.29, 1.82) is 0 Å². The van der Waals surface area contributed by atoms with Gasteiger partial charge in [-0.1, -0.05) is 346 Å². The predicted octanol–water partition coefficient (Wildman–Crippen LogP) is 24.3. The molecule has 0 saturated heterocycles. The molecule has 2 aliphatic rings. The Labute approximate surface area is 574 Å². The highest BCUT2D eigenvalue weighted by Crippen LogP contribution is 2.54. The first kappa shape index (κ1) is 56.5. The first-order chi connectivity index (χ1) is 49.2. The fraction of sp³-hybridized carbons (Fsp3) is 0. The largest absolute Gasteiger partial charge is 0.458 e. The van der Waals surface area contributed by atoms with Crippen LogP contribution in [0.5, 0.6) is 23.0 Å². The van der Waals surface area contributed by atoms with Crippen molar-refractivity contribution in [1.82, 2.24) is 0 Å². The molecule has 99 heavy (non-hydrogen) atoms. The summed E-state index contributed by atoms with van der Waals surface area (Å²) in [6.45, 7) is -0.306. The highest BCUT2D eigenvalue weighted by molar-refractivity contribution is 6.98. The molecule has 458 valence electrons. The average molecular weight is 1260 g/mol. The van der Waals surface area contributed by atoms with Crippen LogP contribution < -0.4 is 25.9 Å². The highest BCUT2D eigenvalue weighted by Gasteiger charge is 2.44. The molecule has 0 amide bonds. The normalized spacial score (nSPS) is 12.2. The molecule has 0 atom stereocenters. The molecule has 0 spiro atoms. The van der Waals surface area contributed by atoms with E-state index in [0.29, 0.717) is 0 Å². The third kappa shape index (κ3) is 8.77. The monoisotopic (exact) mass is 1250 g/mol. The number of fused-ring (bicyclic) bond motifs is 10. The van der Waals surface area contributed by atoms with Crippen molar-refractivity contribution in [2.45, 2.75) is 0 Å². The maximum absolute atomic E-state index is 8.03. The van der Waals surface area contributed by atoms with Crippen LogP contribution in [0, 0.1) is 0 Å². The predicted molar refractivity (Wildman–Crippen MR) is 418 cm³/mol. The third-order valence-corrected chi connectivity index (χ3v) is 21.0. The quantitative estimate of drug-likeness (QED) is 0.106. The lowest BCUT2D eigenvalue weighted by atomic mass is 9.34. The van der Waals surface area contributed by atoms with Gasteiger partial charge >= 0.3 is 0 Å². The summed E-state index contributed by atoms with van der Waals surface area (Å²) in [4.78, 5) is 0. The summed E-state index contributed by atoms with van der Waals surface area (Å²) in [5, 5.41) is 14.4. The molecule has 0 bridgehead atoms. The zero-order valence-corrected chi connectivity index (χ0v) is 54.0. The lowest BCUT2D eigenvalue weighted by Crippen LogP contribution is -2.57. The molecule has 0 fully saturated rings. The van der Waals surface area contributed by atoms with Gasteiger partial charge in [0.15, 0.2) is 0 Å². The number of rotatable bonds is 9. The van der Waals surface area contributed by atoms with Crippen LogP contribution in [-0.4, -0.2) is 6.71 Å². The van der Waals surface area contributed by atoms with Crippen molar-refractivity contribution in [3.05, 3.63) is 358 Å². The Kier molecular flexibility index (Phi) is 13.1. The van der Waals surface area contributed by atoms with Gasteiger partial charge < -0.3 is 9.47 Å². The van der Waals surface area contributed by atoms with Crippen molar-refractivity contribution in [3.63, 3.8) is 0 Å². The molecule has 0 aromatic heterocycles. The molecule has 2 aliphatic heterocycles. The molecule has 3 heteroatoms. The summed E-state index contributed by atoms with van der Waals surface area (Å²) < 4.78 is 15.7. The SMILES string of the molecule is c1ccc(-c2c3ccccc3c(-c3ccccc3-c3cccc4c3Oc3ccc(-c5ccccc5-c5c6ccccc6c(-c6ccccc6)c6ccccc56)c5c3B4c3cccc(-c4ccccc4-c4c6ccccc6c(-c6ccccc6)c6ccccc46)c3O5)c3ccccc23)cc1. The zero-order chi connectivity index (χ0) is 65.1. The van der Waals surface area contributed by atoms with Crippen LogP contribution in [-0.2, 0) is 0 Å². The van der Waals surface area contributed by atoms with E-state index in [1.807, 2.05) is 0 Å². The Hall–Kier alpha value is -12.8. The van der Waals surface area contributed by atoms with E-state index in [4.69, 9.17) is 9.47 Å². The van der Waals surface area contributed by atoms with Crippen molar-refractivity contribution >= 4 is 87.7 Å². The van der Waals surface area contributed by atoms with E-state index >= 15 is 0 Å². The van der Waals surface area contributed by atoms with E-state index in [2.05, 4.69) is 358 Å². The lowest BCUT2D eigenvalue weighted by Gasteiger charge is -2.36. The van der Waals surface area contributed by atoms with Crippen LogP contribution in [0.4, 0.5) is 0 Å². The minimum atomic E-state index is -0.306. The van der Waals surface area contributed by atoms with E-state index in [0.717, 1.165) is 89.5 Å². The fourth-order valence-corrected chi connectivity index (χ4v) is 17.0. The molecular weight excluding hydrogens is 1200 g/mol. The number of benzene rings is 18. The van der Waals surface area contributed by atoms with Gasteiger partial charge in [0.25, 0.3) is 6.71 Å². The van der Waals surface area contributed by atoms with E-state index in [-0.39, 0.29) is 6.71 Å². The van der Waals surface area contributed by atoms with E-state index in [1.165, 1.54) is 115 Å². The van der Waals surface area contributed by atoms with Crippen LogP contribution in [0.2, 0.25) is 0 Å². The summed E-state index contributed by atoms with van der Waals surface area (Å²) in [7, 11) is 0. The summed E-state index contributed by atoms with van der Waals surface area (Å²) in [6.07, 6.45) is 0. The molecule has 0 saturated carbocycles. The smallest absolute Gasteiger partial charge is 0.260 e. The maximum atomic E-state index is 8.03. The van der Waals surface area contributed by atoms with Crippen LogP contribution in [0.1, 0.15) is 0 Å². The van der Waals surface area contributed by atoms with Gasteiger partial charge in [-0.25, -0.2) is 0 Å². The molecule has 20 rings (SSSR count). The van der Waals surface area contributed by atoms with E-state index in [1.54, 1.807) is 0 Å². The van der Waals surface area contributed by atoms with Crippen LogP contribution in [0.3, 0.4) is 0 Å². The Balaban J connectivity index is 0.835. The molecule has 2 nitrogen and oxygen atoms in total. The lowest BCUT2D eigenvalue weighted by molar-refractivity contribution is 0.467. The molecule has 2 heterocycles. The van der Waals surface area contributed by atoms with Crippen molar-refractivity contribution in [2.75, 3.05) is 0 Å². The Morgan fingerprint density at radius 3 is 0.717 bits per heavy atom. The first-order valence-corrected chi connectivity index (χ1v) is 34.3. The van der Waals surface area contributed by atoms with Crippen LogP contribution in [0.15, 0.2) is 358 Å². The molecule has 0 radical (unpaired) electrons. The van der Waals surface area contributed by atoms with Gasteiger partial charge in [0.1, 0.15) is 23.0 Å². The second-order valence-corrected chi connectivity index (χ2v) is 26.2. The number of hydrogen-bond donors (Lipinski definition) is 0. The summed E-state index contributed by atoms with van der Waals surface area (Å²) in [6, 6.07) is 131. The van der Waals surface area contributed by atoms with Crippen LogP contribution in [0.25, 0.3) is 165 Å². The highest BCUT2D eigenvalue weighted by atomic mass is 16.5. The van der Waals surface area contributed by atoms with Gasteiger partial charge in [-0.05, 0) is 171 Å². The molecule has 18 aromatic carbocycles. The first-order valence-electron chi connectivity index (χ1n) is 34.3. The summed E-state index contributed by atoms with van der Waals surface area (Å²) in [5.41, 5.74) is 23.7. The Morgan fingerprint density at radius 2 is 0.404 bits per heavy atom. The Bertz CT molecular complexity index is 6170. The summed E-state index contributed by atoms with van der Waals surface area (Å²) in [5.74, 6) is 3.22. The van der Waals surface area contributed by atoms with Crippen molar-refractivity contribution in [2.24, 2.45) is 0 Å². The molecular formula is C96H59BO2. The molecule has 0 aliphatic carbocycles. The van der Waals surface area contributed by atoms with Gasteiger partial charge in [-0.3, -0.25) is 0 Å². The van der Waals surface area contributed by atoms with Gasteiger partial charge in [0, 0.05) is 22.2 Å². The molecule has 0 N–H and O–H groups in total. The number of hydrogen-bond acceptors (Lipinski definition) is 2. The topological polar surface area (TPSA) is 18.5 Å². The molecule has 0 unspecified atom stereocenters. The maximum Gasteiger partial charge on any atom is 0.260 e. The second kappa shape index (κ2) is 23.0. The summed E-state index contributed by atoms with van der Waals surface area (Å²) >= 11 is 0. The zero-order valence-electron chi connectivity index (χ0n) is 54.0. The van der Waals surface area contributed by atoms with Gasteiger partial charge in [0.05, 0.1) is 0 Å². The van der Waals surface area contributed by atoms with Crippen LogP contribution >= 0.6 is 0 Å². The average Bonchev–Trinajstić information content (AvgIpc) is 0.711. The fourth-order valence-electron chi connectivity index (χ4n) is 17.0. The molecule has 18 aromatic rings. The van der Waals surface area contributed by atoms with E-state index < -0.39 is 0 Å². The Morgan fingerprint density at radius 1 is 0.162 bits per heavy atom. The minimum absolute atomic E-state index is 0.306. The minimum Gasteiger partial charge on any atom is -0.458 e. The van der Waals surface area contributed by atoms with Crippen molar-refractivity contribution < 1.29 is 9.47 Å². The van der Waals surface area contributed by atoms with Gasteiger partial charge in [-0.15, -0.1) is 0 Å². The van der Waals surface area contributed by atoms with Crippen molar-refractivity contribution in [3.8, 4) is 123 Å². The third-order valence-electron chi connectivity index (χ3n) is 21.0. The number of para-hydroxylation sites is 2. The number of ether oxygens (including phenoxy) is 2. The van der Waals surface area contributed by atoms with Gasteiger partial charge in [0.2, 0.25) is 0 Å². The standard InChI is InChI=1S/C96H59BO2/c1-4-30-60(31-5-1)87-69-42-16-22-48-75(69)90(76-49-23-17-43-70(76)87)66-39-13-10-36-63(66)81-54-28-56-84-94(81)98-86-59-58-83(65-38-12-15-41-68(65)92-79-52-26-20-46-73(79)89(62-34-8-3-9-35-62)74-47-21-27-53-80(74)92)96-93(86)97(84)85-57-29-55-82(95(85)99-96)64-37-11-14-40-67(64)91-77-50-24-18-44-71(77)88(61-32-6-2-7-33-61)72-45-19-25-51-78(72)91/h1-59H. The van der Waals surface area contributed by atoms with E-state index in [9.17, 15) is 0 Å². The van der Waals surface area contributed by atoms with Gasteiger partial charge in [-0.2, -0.15) is 0 Å². The second-order valence-electron chi connectivity index (χ2n) is 26.2.